The van der Waals surface area contributed by atoms with Gasteiger partial charge in [-0.3, -0.25) is 0 Å². The van der Waals surface area contributed by atoms with Gasteiger partial charge in [-0.2, -0.15) is 0 Å². The number of halogens is 1. The molecule has 0 radical (unpaired) electrons. The number of rotatable bonds is 6. The molecule has 0 bridgehead atoms. The van der Waals surface area contributed by atoms with Crippen molar-refractivity contribution in [3.05, 3.63) is 34.3 Å². The van der Waals surface area contributed by atoms with Crippen LogP contribution in [0, 0.1) is 0 Å². The smallest absolute Gasteiger partial charge is 0.149 e. The quantitative estimate of drug-likeness (QED) is 0.824. The van der Waals surface area contributed by atoms with E-state index in [1.165, 1.54) is 0 Å². The van der Waals surface area contributed by atoms with E-state index in [1.807, 2.05) is 24.3 Å². The third kappa shape index (κ3) is 4.27. The van der Waals surface area contributed by atoms with E-state index in [4.69, 9.17) is 11.6 Å². The van der Waals surface area contributed by atoms with Crippen molar-refractivity contribution < 1.29 is 0 Å². The second-order valence-electron chi connectivity index (χ2n) is 4.69. The van der Waals surface area contributed by atoms with Gasteiger partial charge in [-0.25, -0.2) is 0 Å². The van der Waals surface area contributed by atoms with Gasteiger partial charge in [0.15, 0.2) is 0 Å². The van der Waals surface area contributed by atoms with Crippen LogP contribution < -0.4 is 5.32 Å². The van der Waals surface area contributed by atoms with E-state index in [0.29, 0.717) is 6.04 Å². The Morgan fingerprint density at radius 2 is 2.05 bits per heavy atom. The van der Waals surface area contributed by atoms with Crippen LogP contribution in [-0.4, -0.2) is 22.8 Å². The first-order chi connectivity index (χ1) is 9.16. The zero-order valence-corrected chi connectivity index (χ0v) is 12.8. The van der Waals surface area contributed by atoms with Crippen molar-refractivity contribution >= 4 is 22.9 Å². The first-order valence-corrected chi connectivity index (χ1v) is 7.67. The molecule has 0 amide bonds. The number of nitrogens with zero attached hydrogens (tertiary/aromatic N) is 2. The average Bonchev–Trinajstić information content (AvgIpc) is 2.83. The summed E-state index contributed by atoms with van der Waals surface area (Å²) in [7, 11) is 0. The minimum absolute atomic E-state index is 0.535. The van der Waals surface area contributed by atoms with Crippen LogP contribution in [-0.2, 0) is 6.42 Å². The lowest BCUT2D eigenvalue weighted by molar-refractivity contribution is 0.569. The minimum atomic E-state index is 0.535. The van der Waals surface area contributed by atoms with Crippen LogP contribution >= 0.6 is 22.9 Å². The van der Waals surface area contributed by atoms with Gasteiger partial charge in [0.25, 0.3) is 0 Å². The van der Waals surface area contributed by atoms with Crippen molar-refractivity contribution in [2.75, 3.05) is 6.54 Å². The molecule has 1 aromatic heterocycles. The maximum atomic E-state index is 6.16. The van der Waals surface area contributed by atoms with Gasteiger partial charge in [-0.05, 0) is 19.0 Å². The third-order valence-corrected chi connectivity index (χ3v) is 4.04. The fourth-order valence-electron chi connectivity index (χ4n) is 1.73. The summed E-state index contributed by atoms with van der Waals surface area (Å²) >= 11 is 7.78. The molecule has 0 unspecified atom stereocenters. The Bertz CT molecular complexity index is 525. The Hall–Kier alpha value is -0.970. The Morgan fingerprint density at radius 1 is 1.26 bits per heavy atom. The molecule has 0 aliphatic carbocycles. The van der Waals surface area contributed by atoms with Crippen molar-refractivity contribution in [2.45, 2.75) is 32.7 Å². The van der Waals surface area contributed by atoms with Crippen molar-refractivity contribution in [3.8, 4) is 10.6 Å². The van der Waals surface area contributed by atoms with Crippen LogP contribution in [0.15, 0.2) is 24.3 Å². The lowest BCUT2D eigenvalue weighted by Crippen LogP contribution is -2.23. The molecule has 3 nitrogen and oxygen atoms in total. The van der Waals surface area contributed by atoms with E-state index in [2.05, 4.69) is 29.4 Å². The van der Waals surface area contributed by atoms with Gasteiger partial charge >= 0.3 is 0 Å². The molecule has 0 atom stereocenters. The van der Waals surface area contributed by atoms with Crippen molar-refractivity contribution in [3.63, 3.8) is 0 Å². The first-order valence-electron chi connectivity index (χ1n) is 6.47. The third-order valence-electron chi connectivity index (χ3n) is 2.69. The van der Waals surface area contributed by atoms with Gasteiger partial charge in [-0.1, -0.05) is 55.0 Å². The summed E-state index contributed by atoms with van der Waals surface area (Å²) in [5, 5.41) is 14.6. The molecular weight excluding hydrogens is 278 g/mol. The molecule has 102 valence electrons. The Labute approximate surface area is 123 Å². The summed E-state index contributed by atoms with van der Waals surface area (Å²) in [5.41, 5.74) is 0.966. The summed E-state index contributed by atoms with van der Waals surface area (Å²) in [6.07, 6.45) is 2.04. The fourth-order valence-corrected chi connectivity index (χ4v) is 2.93. The Balaban J connectivity index is 1.94. The predicted molar refractivity (Wildman–Crippen MR) is 81.8 cm³/mol. The summed E-state index contributed by atoms with van der Waals surface area (Å²) < 4.78 is 0. The van der Waals surface area contributed by atoms with Crippen molar-refractivity contribution in [1.29, 1.82) is 0 Å². The second kappa shape index (κ2) is 6.98. The largest absolute Gasteiger partial charge is 0.315 e. The zero-order valence-electron chi connectivity index (χ0n) is 11.2. The Kier molecular flexibility index (Phi) is 5.31. The molecule has 19 heavy (non-hydrogen) atoms. The lowest BCUT2D eigenvalue weighted by atomic mass is 10.2. The van der Waals surface area contributed by atoms with Crippen LogP contribution in [0.4, 0.5) is 0 Å². The topological polar surface area (TPSA) is 37.8 Å². The van der Waals surface area contributed by atoms with E-state index < -0.39 is 0 Å². The second-order valence-corrected chi connectivity index (χ2v) is 6.16. The van der Waals surface area contributed by atoms with Gasteiger partial charge < -0.3 is 5.32 Å². The fraction of sp³-hybridized carbons (Fsp3) is 0.429. The standard InChI is InChI=1S/C14H18ClN3S/c1-10(2)16-9-5-8-13-17-18-14(19-13)11-6-3-4-7-12(11)15/h3-4,6-7,10,16H,5,8-9H2,1-2H3. The maximum Gasteiger partial charge on any atom is 0.149 e. The van der Waals surface area contributed by atoms with Gasteiger partial charge in [0.05, 0.1) is 5.02 Å². The van der Waals surface area contributed by atoms with E-state index in [1.54, 1.807) is 11.3 Å². The van der Waals surface area contributed by atoms with Gasteiger partial charge in [0, 0.05) is 18.0 Å². The molecular formula is C14H18ClN3S. The van der Waals surface area contributed by atoms with Crippen molar-refractivity contribution in [2.24, 2.45) is 0 Å². The van der Waals surface area contributed by atoms with E-state index in [9.17, 15) is 0 Å². The molecule has 1 N–H and O–H groups in total. The molecule has 2 rings (SSSR count). The summed E-state index contributed by atoms with van der Waals surface area (Å²) in [5.74, 6) is 0. The van der Waals surface area contributed by atoms with Crippen LogP contribution in [0.3, 0.4) is 0 Å². The maximum absolute atomic E-state index is 6.16. The molecule has 0 aliphatic heterocycles. The van der Waals surface area contributed by atoms with Crippen LogP contribution in [0.5, 0.6) is 0 Å². The average molecular weight is 296 g/mol. The van der Waals surface area contributed by atoms with Gasteiger partial charge in [0.2, 0.25) is 0 Å². The highest BCUT2D eigenvalue weighted by Crippen LogP contribution is 2.30. The van der Waals surface area contributed by atoms with Gasteiger partial charge in [-0.15, -0.1) is 10.2 Å². The summed E-state index contributed by atoms with van der Waals surface area (Å²) in [6.45, 7) is 5.32. The highest BCUT2D eigenvalue weighted by molar-refractivity contribution is 7.14. The highest BCUT2D eigenvalue weighted by Gasteiger charge is 2.09. The van der Waals surface area contributed by atoms with Gasteiger partial charge in [0.1, 0.15) is 10.0 Å². The highest BCUT2D eigenvalue weighted by atomic mass is 35.5. The SMILES string of the molecule is CC(C)NCCCc1nnc(-c2ccccc2Cl)s1. The number of benzene rings is 1. The molecule has 0 saturated carbocycles. The van der Waals surface area contributed by atoms with E-state index in [0.717, 1.165) is 40.0 Å². The summed E-state index contributed by atoms with van der Waals surface area (Å²) in [6, 6.07) is 8.28. The molecule has 0 fully saturated rings. The predicted octanol–water partition coefficient (Wildman–Crippen LogP) is 3.79. The van der Waals surface area contributed by atoms with Crippen LogP contribution in [0.2, 0.25) is 5.02 Å². The normalized spacial score (nSPS) is 11.2. The molecule has 0 spiro atoms. The molecule has 5 heteroatoms. The lowest BCUT2D eigenvalue weighted by Gasteiger charge is -2.05. The number of hydrogen-bond donors (Lipinski definition) is 1. The molecule has 0 saturated heterocycles. The van der Waals surface area contributed by atoms with Crippen LogP contribution in [0.25, 0.3) is 10.6 Å². The number of aromatic nitrogens is 2. The molecule has 1 heterocycles. The minimum Gasteiger partial charge on any atom is -0.315 e. The van der Waals surface area contributed by atoms with Crippen molar-refractivity contribution in [1.82, 2.24) is 15.5 Å². The number of hydrogen-bond acceptors (Lipinski definition) is 4. The van der Waals surface area contributed by atoms with Crippen LogP contribution in [0.1, 0.15) is 25.3 Å². The number of nitrogens with one attached hydrogen (secondary N) is 1. The first kappa shape index (κ1) is 14.4. The van der Waals surface area contributed by atoms with E-state index >= 15 is 0 Å². The Morgan fingerprint density at radius 3 is 2.79 bits per heavy atom. The summed E-state index contributed by atoms with van der Waals surface area (Å²) in [4.78, 5) is 0. The molecule has 2 aromatic rings. The monoisotopic (exact) mass is 295 g/mol. The molecule has 0 aliphatic rings. The number of aryl methyl sites for hydroxylation is 1. The zero-order chi connectivity index (χ0) is 13.7. The van der Waals surface area contributed by atoms with E-state index in [-0.39, 0.29) is 0 Å². The molecule has 1 aromatic carbocycles.